The van der Waals surface area contributed by atoms with Gasteiger partial charge in [0.15, 0.2) is 0 Å². The van der Waals surface area contributed by atoms with Gasteiger partial charge in [-0.05, 0) is 49.2 Å². The first kappa shape index (κ1) is 14.3. The van der Waals surface area contributed by atoms with Crippen molar-refractivity contribution in [2.75, 3.05) is 11.9 Å². The molecule has 4 nitrogen and oxygen atoms in total. The first-order chi connectivity index (χ1) is 10.6. The summed E-state index contributed by atoms with van der Waals surface area (Å²) in [6, 6.07) is 16.6. The van der Waals surface area contributed by atoms with E-state index in [9.17, 15) is 9.59 Å². The zero-order valence-corrected chi connectivity index (χ0v) is 12.5. The lowest BCUT2D eigenvalue weighted by atomic mass is 10.1. The van der Waals surface area contributed by atoms with Crippen LogP contribution in [0.15, 0.2) is 54.6 Å². The minimum absolute atomic E-state index is 0.0714. The molecule has 0 aliphatic heterocycles. The van der Waals surface area contributed by atoms with Crippen molar-refractivity contribution in [1.82, 2.24) is 5.32 Å². The number of para-hydroxylation sites is 1. The Kier molecular flexibility index (Phi) is 3.92. The van der Waals surface area contributed by atoms with Crippen LogP contribution in [0.2, 0.25) is 0 Å². The normalized spacial score (nSPS) is 13.5. The van der Waals surface area contributed by atoms with Crippen LogP contribution in [0.3, 0.4) is 0 Å². The molecule has 0 bridgehead atoms. The average molecular weight is 294 g/mol. The number of amides is 2. The van der Waals surface area contributed by atoms with Crippen LogP contribution in [0.5, 0.6) is 0 Å². The van der Waals surface area contributed by atoms with Crippen LogP contribution in [0.25, 0.3) is 0 Å². The molecule has 1 fully saturated rings. The Morgan fingerprint density at radius 3 is 2.14 bits per heavy atom. The monoisotopic (exact) mass is 294 g/mol. The molecule has 0 saturated heterocycles. The number of carbonyl (C=O) groups is 2. The fourth-order valence-corrected chi connectivity index (χ4v) is 2.22. The van der Waals surface area contributed by atoms with Crippen molar-refractivity contribution < 1.29 is 9.59 Å². The molecule has 2 amide bonds. The van der Waals surface area contributed by atoms with E-state index in [-0.39, 0.29) is 11.8 Å². The van der Waals surface area contributed by atoms with Gasteiger partial charge >= 0.3 is 0 Å². The summed E-state index contributed by atoms with van der Waals surface area (Å²) in [4.78, 5) is 26.0. The van der Waals surface area contributed by atoms with E-state index in [1.165, 1.54) is 0 Å². The van der Waals surface area contributed by atoms with E-state index in [2.05, 4.69) is 5.32 Å². The molecular formula is C18H18N2O2. The molecule has 0 aromatic heterocycles. The number of hydrogen-bond donors (Lipinski definition) is 1. The maximum atomic E-state index is 12.4. The standard InChI is InChI=1S/C18H18N2O2/c1-20(16-5-3-2-4-6-16)18(22)14-9-7-13(8-10-14)17(21)19-15-11-12-15/h2-10,15H,11-12H2,1H3,(H,19,21). The largest absolute Gasteiger partial charge is 0.349 e. The molecule has 0 spiro atoms. The quantitative estimate of drug-likeness (QED) is 0.942. The lowest BCUT2D eigenvalue weighted by molar-refractivity contribution is 0.0948. The minimum Gasteiger partial charge on any atom is -0.349 e. The average Bonchev–Trinajstić information content (AvgIpc) is 3.38. The van der Waals surface area contributed by atoms with Crippen molar-refractivity contribution in [3.8, 4) is 0 Å². The second-order valence-electron chi connectivity index (χ2n) is 5.52. The zero-order chi connectivity index (χ0) is 15.5. The third-order valence-electron chi connectivity index (χ3n) is 3.75. The van der Waals surface area contributed by atoms with Crippen molar-refractivity contribution in [3.05, 3.63) is 65.7 Å². The second kappa shape index (κ2) is 6.02. The van der Waals surface area contributed by atoms with E-state index in [4.69, 9.17) is 0 Å². The molecule has 112 valence electrons. The molecular weight excluding hydrogens is 276 g/mol. The van der Waals surface area contributed by atoms with Gasteiger partial charge in [0, 0.05) is 29.9 Å². The third kappa shape index (κ3) is 3.17. The van der Waals surface area contributed by atoms with Crippen molar-refractivity contribution in [2.24, 2.45) is 0 Å². The van der Waals surface area contributed by atoms with Crippen LogP contribution >= 0.6 is 0 Å². The van der Waals surface area contributed by atoms with Gasteiger partial charge in [-0.15, -0.1) is 0 Å². The van der Waals surface area contributed by atoms with Gasteiger partial charge in [0.1, 0.15) is 0 Å². The van der Waals surface area contributed by atoms with Gasteiger partial charge < -0.3 is 10.2 Å². The van der Waals surface area contributed by atoms with E-state index >= 15 is 0 Å². The molecule has 1 saturated carbocycles. The summed E-state index contributed by atoms with van der Waals surface area (Å²) < 4.78 is 0. The molecule has 1 N–H and O–H groups in total. The number of anilines is 1. The maximum Gasteiger partial charge on any atom is 0.258 e. The highest BCUT2D eigenvalue weighted by molar-refractivity contribution is 6.06. The van der Waals surface area contributed by atoms with Crippen LogP contribution in [-0.2, 0) is 0 Å². The second-order valence-corrected chi connectivity index (χ2v) is 5.52. The Hall–Kier alpha value is -2.62. The molecule has 2 aromatic carbocycles. The summed E-state index contributed by atoms with van der Waals surface area (Å²) in [6.07, 6.45) is 2.12. The van der Waals surface area contributed by atoms with Crippen LogP contribution < -0.4 is 10.2 Å². The summed E-state index contributed by atoms with van der Waals surface area (Å²) in [5.41, 5.74) is 1.99. The van der Waals surface area contributed by atoms with Gasteiger partial charge in [0.2, 0.25) is 0 Å². The Labute approximate surface area is 129 Å². The number of hydrogen-bond acceptors (Lipinski definition) is 2. The summed E-state index contributed by atoms with van der Waals surface area (Å²) >= 11 is 0. The number of rotatable bonds is 4. The Balaban J connectivity index is 1.71. The van der Waals surface area contributed by atoms with Gasteiger partial charge in [-0.1, -0.05) is 18.2 Å². The highest BCUT2D eigenvalue weighted by atomic mass is 16.2. The van der Waals surface area contributed by atoms with E-state index in [1.54, 1.807) is 36.2 Å². The van der Waals surface area contributed by atoms with E-state index in [0.29, 0.717) is 17.2 Å². The zero-order valence-electron chi connectivity index (χ0n) is 12.5. The summed E-state index contributed by atoms with van der Waals surface area (Å²) in [5, 5.41) is 2.93. The maximum absolute atomic E-state index is 12.4. The van der Waals surface area contributed by atoms with Crippen LogP contribution in [0.4, 0.5) is 5.69 Å². The number of benzene rings is 2. The highest BCUT2D eigenvalue weighted by Crippen LogP contribution is 2.20. The van der Waals surface area contributed by atoms with E-state index in [0.717, 1.165) is 18.5 Å². The van der Waals surface area contributed by atoms with Crippen molar-refractivity contribution in [3.63, 3.8) is 0 Å². The molecule has 1 aliphatic rings. The Morgan fingerprint density at radius 1 is 0.955 bits per heavy atom. The van der Waals surface area contributed by atoms with Gasteiger partial charge in [0.25, 0.3) is 11.8 Å². The molecule has 0 atom stereocenters. The SMILES string of the molecule is CN(C(=O)c1ccc(C(=O)NC2CC2)cc1)c1ccccc1. The van der Waals surface area contributed by atoms with Crippen molar-refractivity contribution in [2.45, 2.75) is 18.9 Å². The van der Waals surface area contributed by atoms with Crippen LogP contribution in [0, 0.1) is 0 Å². The number of nitrogens with zero attached hydrogens (tertiary/aromatic N) is 1. The summed E-state index contributed by atoms with van der Waals surface area (Å²) in [5.74, 6) is -0.168. The van der Waals surface area contributed by atoms with Gasteiger partial charge in [-0.2, -0.15) is 0 Å². The molecule has 22 heavy (non-hydrogen) atoms. The van der Waals surface area contributed by atoms with Gasteiger partial charge in [-0.25, -0.2) is 0 Å². The minimum atomic E-state index is -0.0969. The number of carbonyl (C=O) groups excluding carboxylic acids is 2. The predicted octanol–water partition coefficient (Wildman–Crippen LogP) is 2.86. The summed E-state index contributed by atoms with van der Waals surface area (Å²) in [7, 11) is 1.74. The first-order valence-corrected chi connectivity index (χ1v) is 7.39. The molecule has 0 radical (unpaired) electrons. The van der Waals surface area contributed by atoms with Crippen LogP contribution in [-0.4, -0.2) is 24.9 Å². The molecule has 0 heterocycles. The highest BCUT2D eigenvalue weighted by Gasteiger charge is 2.23. The van der Waals surface area contributed by atoms with Gasteiger partial charge in [-0.3, -0.25) is 9.59 Å². The van der Waals surface area contributed by atoms with Crippen molar-refractivity contribution in [1.29, 1.82) is 0 Å². The Bertz CT molecular complexity index is 676. The Morgan fingerprint density at radius 2 is 1.55 bits per heavy atom. The molecule has 3 rings (SSSR count). The lowest BCUT2D eigenvalue weighted by Gasteiger charge is -2.17. The molecule has 1 aliphatic carbocycles. The molecule has 0 unspecified atom stereocenters. The topological polar surface area (TPSA) is 49.4 Å². The number of nitrogens with one attached hydrogen (secondary N) is 1. The smallest absolute Gasteiger partial charge is 0.258 e. The van der Waals surface area contributed by atoms with Crippen LogP contribution in [0.1, 0.15) is 33.6 Å². The fraction of sp³-hybridized carbons (Fsp3) is 0.222. The molecule has 2 aromatic rings. The van der Waals surface area contributed by atoms with Gasteiger partial charge in [0.05, 0.1) is 0 Å². The lowest BCUT2D eigenvalue weighted by Crippen LogP contribution is -2.27. The van der Waals surface area contributed by atoms with E-state index < -0.39 is 0 Å². The third-order valence-corrected chi connectivity index (χ3v) is 3.75. The fourth-order valence-electron chi connectivity index (χ4n) is 2.22. The molecule has 4 heteroatoms. The first-order valence-electron chi connectivity index (χ1n) is 7.39. The van der Waals surface area contributed by atoms with E-state index in [1.807, 2.05) is 30.3 Å². The predicted molar refractivity (Wildman–Crippen MR) is 86.1 cm³/mol. The summed E-state index contributed by atoms with van der Waals surface area (Å²) in [6.45, 7) is 0. The van der Waals surface area contributed by atoms with Crippen molar-refractivity contribution >= 4 is 17.5 Å².